The zero-order valence-corrected chi connectivity index (χ0v) is 12.4. The van der Waals surface area contributed by atoms with Gasteiger partial charge in [-0.25, -0.2) is 9.18 Å². The summed E-state index contributed by atoms with van der Waals surface area (Å²) >= 11 is 0. The number of rotatable bonds is 9. The number of halogens is 1. The monoisotopic (exact) mass is 281 g/mol. The van der Waals surface area contributed by atoms with Crippen LogP contribution in [0, 0.1) is 5.82 Å². The number of hydrogen-bond acceptors (Lipinski definition) is 2. The number of hydrogen-bond donors (Lipinski definition) is 1. The van der Waals surface area contributed by atoms with Crippen molar-refractivity contribution in [1.82, 2.24) is 4.90 Å². The molecule has 0 fully saturated rings. The molecule has 1 N–H and O–H groups in total. The van der Waals surface area contributed by atoms with E-state index in [2.05, 4.69) is 18.7 Å². The summed E-state index contributed by atoms with van der Waals surface area (Å²) in [6, 6.07) is 4.00. The highest BCUT2D eigenvalue weighted by molar-refractivity contribution is 5.87. The van der Waals surface area contributed by atoms with Gasteiger partial charge in [-0.1, -0.05) is 26.7 Å². The summed E-state index contributed by atoms with van der Waals surface area (Å²) in [6.45, 7) is 6.58. The average molecular weight is 281 g/mol. The van der Waals surface area contributed by atoms with Crippen molar-refractivity contribution in [1.29, 1.82) is 0 Å². The molecular weight excluding hydrogens is 257 g/mol. The van der Waals surface area contributed by atoms with Gasteiger partial charge in [-0.3, -0.25) is 4.90 Å². The van der Waals surface area contributed by atoms with Crippen LogP contribution in [-0.4, -0.2) is 29.1 Å². The van der Waals surface area contributed by atoms with E-state index >= 15 is 0 Å². The molecule has 0 saturated heterocycles. The smallest absolute Gasteiger partial charge is 0.335 e. The first-order valence-electron chi connectivity index (χ1n) is 7.32. The summed E-state index contributed by atoms with van der Waals surface area (Å²) in [4.78, 5) is 13.2. The average Bonchev–Trinajstić information content (AvgIpc) is 2.43. The first-order valence-corrected chi connectivity index (χ1v) is 7.32. The highest BCUT2D eigenvalue weighted by atomic mass is 19.1. The third-order valence-electron chi connectivity index (χ3n) is 3.34. The van der Waals surface area contributed by atoms with Gasteiger partial charge in [0.25, 0.3) is 0 Å². The molecule has 0 spiro atoms. The third kappa shape index (κ3) is 5.29. The van der Waals surface area contributed by atoms with E-state index in [1.165, 1.54) is 18.2 Å². The first-order chi connectivity index (χ1) is 9.58. The molecule has 0 aromatic heterocycles. The normalized spacial score (nSPS) is 11.0. The maximum absolute atomic E-state index is 13.8. The fourth-order valence-corrected chi connectivity index (χ4v) is 2.10. The Kier molecular flexibility index (Phi) is 7.23. The van der Waals surface area contributed by atoms with Gasteiger partial charge in [0, 0.05) is 12.1 Å². The molecule has 0 amide bonds. The third-order valence-corrected chi connectivity index (χ3v) is 3.34. The molecule has 0 radical (unpaired) electrons. The van der Waals surface area contributed by atoms with Gasteiger partial charge in [0.05, 0.1) is 5.56 Å². The van der Waals surface area contributed by atoms with Crippen LogP contribution in [0.2, 0.25) is 0 Å². The molecular formula is C16H24FNO2. The van der Waals surface area contributed by atoms with Crippen LogP contribution in [0.5, 0.6) is 0 Å². The van der Waals surface area contributed by atoms with Gasteiger partial charge in [-0.2, -0.15) is 0 Å². The Labute approximate surface area is 120 Å². The van der Waals surface area contributed by atoms with Gasteiger partial charge < -0.3 is 5.11 Å². The fourth-order valence-electron chi connectivity index (χ4n) is 2.10. The van der Waals surface area contributed by atoms with E-state index in [9.17, 15) is 9.18 Å². The van der Waals surface area contributed by atoms with Gasteiger partial charge in [0.2, 0.25) is 0 Å². The molecule has 0 saturated carbocycles. The van der Waals surface area contributed by atoms with Crippen molar-refractivity contribution in [2.75, 3.05) is 13.1 Å². The van der Waals surface area contributed by atoms with Crippen molar-refractivity contribution in [3.05, 3.63) is 35.1 Å². The second-order valence-corrected chi connectivity index (χ2v) is 5.09. The number of carboxylic acids is 1. The molecule has 0 aliphatic carbocycles. The minimum Gasteiger partial charge on any atom is -0.478 e. The van der Waals surface area contributed by atoms with Crippen molar-refractivity contribution in [2.45, 2.75) is 46.1 Å². The van der Waals surface area contributed by atoms with E-state index in [0.717, 1.165) is 38.8 Å². The van der Waals surface area contributed by atoms with Crippen LogP contribution in [0.4, 0.5) is 4.39 Å². The lowest BCUT2D eigenvalue weighted by Crippen LogP contribution is -2.26. The predicted octanol–water partition coefficient (Wildman–Crippen LogP) is 3.93. The standard InChI is InChI=1S/C16H24FNO2/c1-3-5-9-18(10-6-4-2)12-14-11-13(16(19)20)7-8-15(14)17/h7-8,11H,3-6,9-10,12H2,1-2H3,(H,19,20). The van der Waals surface area contributed by atoms with Gasteiger partial charge in [0.1, 0.15) is 5.82 Å². The van der Waals surface area contributed by atoms with Crippen molar-refractivity contribution in [2.24, 2.45) is 0 Å². The molecule has 0 bridgehead atoms. The summed E-state index contributed by atoms with van der Waals surface area (Å²) in [7, 11) is 0. The van der Waals surface area contributed by atoms with E-state index in [1.54, 1.807) is 0 Å². The maximum Gasteiger partial charge on any atom is 0.335 e. The molecule has 0 unspecified atom stereocenters. The Hall–Kier alpha value is -1.42. The fraction of sp³-hybridized carbons (Fsp3) is 0.562. The molecule has 0 aliphatic rings. The molecule has 112 valence electrons. The molecule has 3 nitrogen and oxygen atoms in total. The van der Waals surface area contributed by atoms with Crippen LogP contribution in [0.3, 0.4) is 0 Å². The maximum atomic E-state index is 13.8. The number of carboxylic acid groups (broad SMARTS) is 1. The molecule has 0 atom stereocenters. The number of carbonyl (C=O) groups is 1. The van der Waals surface area contributed by atoms with Crippen LogP contribution in [0.25, 0.3) is 0 Å². The molecule has 1 aromatic rings. The van der Waals surface area contributed by atoms with Gasteiger partial charge in [-0.15, -0.1) is 0 Å². The van der Waals surface area contributed by atoms with Crippen molar-refractivity contribution < 1.29 is 14.3 Å². The number of aromatic carboxylic acids is 1. The Bertz CT molecular complexity index is 426. The zero-order valence-electron chi connectivity index (χ0n) is 12.4. The summed E-state index contributed by atoms with van der Waals surface area (Å²) in [5, 5.41) is 8.98. The number of nitrogens with zero attached hydrogens (tertiary/aromatic N) is 1. The van der Waals surface area contributed by atoms with Crippen LogP contribution in [0.1, 0.15) is 55.5 Å². The van der Waals surface area contributed by atoms with E-state index in [0.29, 0.717) is 12.1 Å². The summed E-state index contributed by atoms with van der Waals surface area (Å²) < 4.78 is 13.8. The minimum absolute atomic E-state index is 0.146. The van der Waals surface area contributed by atoms with E-state index in [1.807, 2.05) is 0 Å². The van der Waals surface area contributed by atoms with Gasteiger partial charge >= 0.3 is 5.97 Å². The number of unbranched alkanes of at least 4 members (excludes halogenated alkanes) is 2. The minimum atomic E-state index is -1.01. The zero-order chi connectivity index (χ0) is 15.0. The lowest BCUT2D eigenvalue weighted by Gasteiger charge is -2.22. The largest absolute Gasteiger partial charge is 0.478 e. The van der Waals surface area contributed by atoms with Crippen LogP contribution in [0.15, 0.2) is 18.2 Å². The van der Waals surface area contributed by atoms with Crippen molar-refractivity contribution in [3.8, 4) is 0 Å². The predicted molar refractivity (Wildman–Crippen MR) is 78.5 cm³/mol. The molecule has 0 heterocycles. The topological polar surface area (TPSA) is 40.5 Å². The van der Waals surface area contributed by atoms with Gasteiger partial charge in [0.15, 0.2) is 0 Å². The highest BCUT2D eigenvalue weighted by Crippen LogP contribution is 2.14. The Morgan fingerprint density at radius 1 is 1.20 bits per heavy atom. The second kappa shape index (κ2) is 8.69. The Morgan fingerprint density at radius 3 is 2.30 bits per heavy atom. The SMILES string of the molecule is CCCCN(CCCC)Cc1cc(C(=O)O)ccc1F. The molecule has 1 aromatic carbocycles. The van der Waals surface area contributed by atoms with Crippen molar-refractivity contribution >= 4 is 5.97 Å². The van der Waals surface area contributed by atoms with E-state index < -0.39 is 5.97 Å². The quantitative estimate of drug-likeness (QED) is 0.745. The lowest BCUT2D eigenvalue weighted by atomic mass is 10.1. The van der Waals surface area contributed by atoms with Crippen molar-refractivity contribution in [3.63, 3.8) is 0 Å². The highest BCUT2D eigenvalue weighted by Gasteiger charge is 2.12. The summed E-state index contributed by atoms with van der Waals surface area (Å²) in [6.07, 6.45) is 4.34. The summed E-state index contributed by atoms with van der Waals surface area (Å²) in [5.41, 5.74) is 0.615. The van der Waals surface area contributed by atoms with E-state index in [-0.39, 0.29) is 11.4 Å². The summed E-state index contributed by atoms with van der Waals surface area (Å²) in [5.74, 6) is -1.34. The Morgan fingerprint density at radius 2 is 1.80 bits per heavy atom. The van der Waals surface area contributed by atoms with Crippen LogP contribution >= 0.6 is 0 Å². The molecule has 0 aliphatic heterocycles. The van der Waals surface area contributed by atoms with E-state index in [4.69, 9.17) is 5.11 Å². The first kappa shape index (κ1) is 16.6. The van der Waals surface area contributed by atoms with Gasteiger partial charge in [-0.05, 0) is 44.1 Å². The lowest BCUT2D eigenvalue weighted by molar-refractivity contribution is 0.0696. The Balaban J connectivity index is 2.79. The van der Waals surface area contributed by atoms with Crippen LogP contribution in [-0.2, 0) is 6.54 Å². The molecule has 1 rings (SSSR count). The molecule has 20 heavy (non-hydrogen) atoms. The molecule has 4 heteroatoms. The second-order valence-electron chi connectivity index (χ2n) is 5.09. The van der Waals surface area contributed by atoms with Crippen LogP contribution < -0.4 is 0 Å². The number of benzene rings is 1.